The lowest BCUT2D eigenvalue weighted by Gasteiger charge is -2.30. The minimum atomic E-state index is 0.526. The van der Waals surface area contributed by atoms with Crippen LogP contribution in [0.3, 0.4) is 0 Å². The van der Waals surface area contributed by atoms with E-state index in [1.165, 1.54) is 0 Å². The summed E-state index contributed by atoms with van der Waals surface area (Å²) in [4.78, 5) is 2.41. The molecule has 4 nitrogen and oxygen atoms in total. The molecular weight excluding hydrogens is 324 g/mol. The van der Waals surface area contributed by atoms with Gasteiger partial charge in [-0.2, -0.15) is 0 Å². The van der Waals surface area contributed by atoms with E-state index in [9.17, 15) is 0 Å². The van der Waals surface area contributed by atoms with Crippen LogP contribution in [0, 0.1) is 0 Å². The molecule has 6 heteroatoms. The van der Waals surface area contributed by atoms with Gasteiger partial charge in [-0.1, -0.05) is 39.8 Å². The Morgan fingerprint density at radius 1 is 1.32 bits per heavy atom. The van der Waals surface area contributed by atoms with Crippen molar-refractivity contribution in [2.24, 2.45) is 0 Å². The number of aromatic nitrogens is 3. The second kappa shape index (κ2) is 5.26. The summed E-state index contributed by atoms with van der Waals surface area (Å²) < 4.78 is 3.25. The van der Waals surface area contributed by atoms with Crippen LogP contribution in [0.1, 0.15) is 13.8 Å². The molecule has 0 N–H and O–H groups in total. The lowest BCUT2D eigenvalue weighted by atomic mass is 10.2. The number of nitrogens with zero attached hydrogens (tertiary/aromatic N) is 4. The maximum atomic E-state index is 4.35. The Bertz CT molecular complexity index is 596. The minimum Gasteiger partial charge on any atom is -0.288 e. The highest BCUT2D eigenvalue weighted by Crippen LogP contribution is 2.30. The molecule has 3 rings (SSSR count). The summed E-state index contributed by atoms with van der Waals surface area (Å²) in [6.45, 7) is 5.29. The number of halogens is 1. The molecule has 2 heterocycles. The zero-order valence-corrected chi connectivity index (χ0v) is 13.3. The third-order valence-corrected chi connectivity index (χ3v) is 4.73. The number of hydrogen-bond acceptors (Lipinski definition) is 4. The van der Waals surface area contributed by atoms with E-state index in [0.29, 0.717) is 6.04 Å². The fourth-order valence-electron chi connectivity index (χ4n) is 2.04. The van der Waals surface area contributed by atoms with Crippen LogP contribution in [0.2, 0.25) is 0 Å². The van der Waals surface area contributed by atoms with Crippen molar-refractivity contribution in [2.75, 3.05) is 5.88 Å². The first kappa shape index (κ1) is 13.1. The summed E-state index contributed by atoms with van der Waals surface area (Å²) in [7, 11) is 0. The molecule has 0 radical (unpaired) electrons. The number of benzene rings is 1. The Morgan fingerprint density at radius 2 is 2.16 bits per heavy atom. The third-order valence-electron chi connectivity index (χ3n) is 3.21. The summed E-state index contributed by atoms with van der Waals surface area (Å²) in [5, 5.41) is 9.64. The largest absolute Gasteiger partial charge is 0.288 e. The quantitative estimate of drug-likeness (QED) is 0.839. The predicted molar refractivity (Wildman–Crippen MR) is 80.9 cm³/mol. The number of fused-ring (bicyclic) bond motifs is 1. The molecule has 1 aliphatic rings. The van der Waals surface area contributed by atoms with Gasteiger partial charge < -0.3 is 0 Å². The van der Waals surface area contributed by atoms with Gasteiger partial charge in [0.05, 0.1) is 12.5 Å². The van der Waals surface area contributed by atoms with Gasteiger partial charge in [0.1, 0.15) is 0 Å². The average Bonchev–Trinajstić information content (AvgIpc) is 2.81. The van der Waals surface area contributed by atoms with Crippen LogP contribution in [0.4, 0.5) is 0 Å². The molecule has 0 unspecified atom stereocenters. The molecule has 19 heavy (non-hydrogen) atoms. The third kappa shape index (κ3) is 2.57. The normalized spacial score (nSPS) is 15.8. The molecule has 0 fully saturated rings. The van der Waals surface area contributed by atoms with E-state index in [4.69, 9.17) is 0 Å². The fourth-order valence-corrected chi connectivity index (χ4v) is 3.50. The monoisotopic (exact) mass is 338 g/mol. The van der Waals surface area contributed by atoms with Gasteiger partial charge in [-0.3, -0.25) is 9.47 Å². The second-order valence-electron chi connectivity index (χ2n) is 4.84. The van der Waals surface area contributed by atoms with Crippen LogP contribution in [0.25, 0.3) is 11.4 Å². The van der Waals surface area contributed by atoms with Crippen LogP contribution < -0.4 is 0 Å². The van der Waals surface area contributed by atoms with Crippen LogP contribution >= 0.6 is 27.7 Å². The van der Waals surface area contributed by atoms with Crippen molar-refractivity contribution >= 4 is 27.7 Å². The molecule has 0 saturated heterocycles. The molecule has 1 aromatic heterocycles. The summed E-state index contributed by atoms with van der Waals surface area (Å²) in [6.07, 6.45) is 0. The van der Waals surface area contributed by atoms with E-state index in [2.05, 4.69) is 61.6 Å². The van der Waals surface area contributed by atoms with Crippen molar-refractivity contribution < 1.29 is 0 Å². The Hall–Kier alpha value is -0.850. The van der Waals surface area contributed by atoms with Crippen molar-refractivity contribution in [2.45, 2.75) is 31.7 Å². The minimum absolute atomic E-state index is 0.526. The highest BCUT2D eigenvalue weighted by atomic mass is 79.9. The maximum absolute atomic E-state index is 4.35. The van der Waals surface area contributed by atoms with Gasteiger partial charge in [0.2, 0.25) is 0 Å². The van der Waals surface area contributed by atoms with Crippen LogP contribution in [0.5, 0.6) is 0 Å². The van der Waals surface area contributed by atoms with Crippen LogP contribution in [-0.2, 0) is 6.67 Å². The number of hydrogen-bond donors (Lipinski definition) is 0. The molecule has 0 atom stereocenters. The van der Waals surface area contributed by atoms with Crippen molar-refractivity contribution in [1.82, 2.24) is 19.7 Å². The first-order chi connectivity index (χ1) is 9.15. The summed E-state index contributed by atoms with van der Waals surface area (Å²) >= 11 is 5.25. The summed E-state index contributed by atoms with van der Waals surface area (Å²) in [6, 6.07) is 8.72. The molecule has 0 bridgehead atoms. The molecule has 100 valence electrons. The zero-order valence-electron chi connectivity index (χ0n) is 10.9. The zero-order chi connectivity index (χ0) is 13.4. The molecule has 1 aliphatic heterocycles. The molecule has 0 amide bonds. The predicted octanol–water partition coefficient (Wildman–Crippen LogP) is 3.44. The highest BCUT2D eigenvalue weighted by Gasteiger charge is 2.23. The Morgan fingerprint density at radius 3 is 2.89 bits per heavy atom. The first-order valence-corrected chi connectivity index (χ1v) is 7.99. The molecule has 1 aromatic carbocycles. The van der Waals surface area contributed by atoms with Gasteiger partial charge in [0, 0.05) is 16.1 Å². The summed E-state index contributed by atoms with van der Waals surface area (Å²) in [5.74, 6) is 1.92. The lowest BCUT2D eigenvalue weighted by molar-refractivity contribution is 0.193. The maximum Gasteiger partial charge on any atom is 0.193 e. The van der Waals surface area contributed by atoms with Gasteiger partial charge in [0.25, 0.3) is 0 Å². The van der Waals surface area contributed by atoms with Crippen molar-refractivity contribution in [3.05, 3.63) is 28.7 Å². The van der Waals surface area contributed by atoms with E-state index in [0.717, 1.165) is 33.6 Å². The number of rotatable bonds is 2. The molecule has 0 saturated carbocycles. The van der Waals surface area contributed by atoms with Gasteiger partial charge in [-0.25, -0.2) is 0 Å². The van der Waals surface area contributed by atoms with E-state index in [1.807, 2.05) is 12.1 Å². The average molecular weight is 339 g/mol. The Kier molecular flexibility index (Phi) is 3.64. The van der Waals surface area contributed by atoms with Crippen LogP contribution in [-0.4, -0.2) is 31.6 Å². The Labute approximate surface area is 125 Å². The van der Waals surface area contributed by atoms with Crippen molar-refractivity contribution in [3.8, 4) is 11.4 Å². The smallest absolute Gasteiger partial charge is 0.193 e. The standard InChI is InChI=1S/C13H15BrN4S/c1-9(2)17-7-18-12(15-16-13(18)19-8-17)10-4-3-5-11(14)6-10/h3-6,9H,7-8H2,1-2H3. The van der Waals surface area contributed by atoms with Crippen LogP contribution in [0.15, 0.2) is 33.9 Å². The highest BCUT2D eigenvalue weighted by molar-refractivity contribution is 9.10. The van der Waals surface area contributed by atoms with Gasteiger partial charge in [0.15, 0.2) is 11.0 Å². The summed E-state index contributed by atoms with van der Waals surface area (Å²) in [5.41, 5.74) is 1.10. The van der Waals surface area contributed by atoms with Gasteiger partial charge in [-0.15, -0.1) is 10.2 Å². The van der Waals surface area contributed by atoms with E-state index >= 15 is 0 Å². The van der Waals surface area contributed by atoms with E-state index in [1.54, 1.807) is 11.8 Å². The van der Waals surface area contributed by atoms with E-state index < -0.39 is 0 Å². The second-order valence-corrected chi connectivity index (χ2v) is 6.67. The van der Waals surface area contributed by atoms with E-state index in [-0.39, 0.29) is 0 Å². The van der Waals surface area contributed by atoms with Gasteiger partial charge >= 0.3 is 0 Å². The molecule has 0 aliphatic carbocycles. The first-order valence-electron chi connectivity index (χ1n) is 6.21. The molecule has 2 aromatic rings. The molecular formula is C13H15BrN4S. The SMILES string of the molecule is CC(C)N1CSc2nnc(-c3cccc(Br)c3)n2C1. The fraction of sp³-hybridized carbons (Fsp3) is 0.385. The molecule has 0 spiro atoms. The van der Waals surface area contributed by atoms with Gasteiger partial charge in [-0.05, 0) is 26.0 Å². The Balaban J connectivity index is 1.99. The topological polar surface area (TPSA) is 34.0 Å². The number of thioether (sulfide) groups is 1. The lowest BCUT2D eigenvalue weighted by Crippen LogP contribution is -2.35. The van der Waals surface area contributed by atoms with Crippen molar-refractivity contribution in [3.63, 3.8) is 0 Å². The van der Waals surface area contributed by atoms with Crippen molar-refractivity contribution in [1.29, 1.82) is 0 Å².